The average molecular weight is 347 g/mol. The highest BCUT2D eigenvalue weighted by atomic mass is 32.1. The Balaban J connectivity index is 1.77. The molecule has 0 fully saturated rings. The molecule has 0 aliphatic rings. The molecule has 4 rings (SSSR count). The van der Waals surface area contributed by atoms with Crippen LogP contribution in [0.2, 0.25) is 0 Å². The summed E-state index contributed by atoms with van der Waals surface area (Å²) in [6.45, 7) is 2.14. The molecule has 0 spiro atoms. The van der Waals surface area contributed by atoms with Gasteiger partial charge in [-0.05, 0) is 48.4 Å². The van der Waals surface area contributed by atoms with Crippen LogP contribution in [0.1, 0.15) is 12.5 Å². The zero-order chi connectivity index (χ0) is 17.2. The summed E-state index contributed by atoms with van der Waals surface area (Å²) < 4.78 is 3.77. The summed E-state index contributed by atoms with van der Waals surface area (Å²) in [6, 6.07) is 18.3. The first kappa shape index (κ1) is 15.7. The summed E-state index contributed by atoms with van der Waals surface area (Å²) in [5.74, 6) is 0.784. The number of hydrogen-bond acceptors (Lipinski definition) is 4. The average Bonchev–Trinajstić information content (AvgIpc) is 3.32. The first-order valence-corrected chi connectivity index (χ1v) is 8.55. The maximum atomic E-state index is 4.49. The number of aromatic nitrogens is 5. The summed E-state index contributed by atoms with van der Waals surface area (Å²) in [7, 11) is 0. The Labute approximate surface area is 151 Å². The fourth-order valence-electron chi connectivity index (χ4n) is 2.81. The van der Waals surface area contributed by atoms with Crippen molar-refractivity contribution in [2.75, 3.05) is 0 Å². The third-order valence-corrected chi connectivity index (χ3v) is 4.41. The molecular formula is C19H17N5S. The van der Waals surface area contributed by atoms with Crippen LogP contribution in [0, 0.1) is 0 Å². The van der Waals surface area contributed by atoms with Gasteiger partial charge in [-0.3, -0.25) is 4.57 Å². The van der Waals surface area contributed by atoms with Gasteiger partial charge in [-0.1, -0.05) is 25.1 Å². The Morgan fingerprint density at radius 2 is 1.76 bits per heavy atom. The number of aryl methyl sites for hydroxylation is 1. The lowest BCUT2D eigenvalue weighted by molar-refractivity contribution is 0.871. The summed E-state index contributed by atoms with van der Waals surface area (Å²) in [5, 5.41) is 13.3. The van der Waals surface area contributed by atoms with Crippen molar-refractivity contribution < 1.29 is 0 Å². The number of thiol groups is 1. The van der Waals surface area contributed by atoms with E-state index in [9.17, 15) is 0 Å². The number of nitrogens with zero attached hydrogens (tertiary/aromatic N) is 5. The first-order valence-electron chi connectivity index (χ1n) is 8.10. The van der Waals surface area contributed by atoms with E-state index in [1.54, 1.807) is 6.20 Å². The van der Waals surface area contributed by atoms with Crippen LogP contribution in [0.3, 0.4) is 0 Å². The molecule has 0 bridgehead atoms. The Morgan fingerprint density at radius 1 is 0.960 bits per heavy atom. The van der Waals surface area contributed by atoms with E-state index in [1.807, 2.05) is 57.9 Å². The monoisotopic (exact) mass is 347 g/mol. The molecule has 0 atom stereocenters. The third-order valence-electron chi connectivity index (χ3n) is 4.12. The smallest absolute Gasteiger partial charge is 0.193 e. The lowest BCUT2D eigenvalue weighted by atomic mass is 10.1. The standard InChI is InChI=1S/C19H17N5S/c1-2-14-5-3-6-15(13-14)18-21-22-19(25)24(18)17-9-7-16(8-10-17)23-12-4-11-20-23/h3-13H,2H2,1H3,(H,22,25). The Bertz CT molecular complexity index is 987. The molecule has 2 heterocycles. The van der Waals surface area contributed by atoms with Crippen LogP contribution in [0.15, 0.2) is 72.1 Å². The van der Waals surface area contributed by atoms with Crippen LogP contribution in [0.25, 0.3) is 22.8 Å². The van der Waals surface area contributed by atoms with Crippen molar-refractivity contribution in [2.24, 2.45) is 0 Å². The highest BCUT2D eigenvalue weighted by molar-refractivity contribution is 7.80. The second-order valence-corrected chi connectivity index (χ2v) is 6.08. The fraction of sp³-hybridized carbons (Fsp3) is 0.105. The van der Waals surface area contributed by atoms with Crippen molar-refractivity contribution in [2.45, 2.75) is 18.5 Å². The molecule has 5 nitrogen and oxygen atoms in total. The van der Waals surface area contributed by atoms with Gasteiger partial charge < -0.3 is 0 Å². The topological polar surface area (TPSA) is 48.5 Å². The van der Waals surface area contributed by atoms with E-state index in [4.69, 9.17) is 0 Å². The van der Waals surface area contributed by atoms with Gasteiger partial charge in [0.05, 0.1) is 5.69 Å². The van der Waals surface area contributed by atoms with Crippen molar-refractivity contribution in [1.82, 2.24) is 24.5 Å². The van der Waals surface area contributed by atoms with E-state index in [-0.39, 0.29) is 0 Å². The molecule has 6 heteroatoms. The van der Waals surface area contributed by atoms with Gasteiger partial charge in [0.2, 0.25) is 0 Å². The molecule has 2 aromatic heterocycles. The van der Waals surface area contributed by atoms with Crippen molar-refractivity contribution in [3.8, 4) is 22.8 Å². The first-order chi connectivity index (χ1) is 12.3. The molecule has 25 heavy (non-hydrogen) atoms. The normalized spacial score (nSPS) is 11.0. The van der Waals surface area contributed by atoms with E-state index in [0.717, 1.165) is 29.2 Å². The maximum absolute atomic E-state index is 4.49. The predicted octanol–water partition coefficient (Wildman–Crippen LogP) is 3.97. The van der Waals surface area contributed by atoms with Crippen LogP contribution in [0.5, 0.6) is 0 Å². The van der Waals surface area contributed by atoms with Crippen LogP contribution in [-0.4, -0.2) is 24.5 Å². The summed E-state index contributed by atoms with van der Waals surface area (Å²) in [5.41, 5.74) is 4.25. The minimum atomic E-state index is 0.559. The Morgan fingerprint density at radius 3 is 2.48 bits per heavy atom. The SMILES string of the molecule is CCc1cccc(-c2nnc(S)n2-c2ccc(-n3cccn3)cc2)c1. The number of benzene rings is 2. The second kappa shape index (κ2) is 6.57. The summed E-state index contributed by atoms with van der Waals surface area (Å²) >= 11 is 4.49. The quantitative estimate of drug-likeness (QED) is 0.568. The van der Waals surface area contributed by atoms with E-state index in [0.29, 0.717) is 5.16 Å². The lowest BCUT2D eigenvalue weighted by Crippen LogP contribution is -2.00. The van der Waals surface area contributed by atoms with Crippen LogP contribution in [-0.2, 0) is 6.42 Å². The number of hydrogen-bond donors (Lipinski definition) is 1. The van der Waals surface area contributed by atoms with Gasteiger partial charge >= 0.3 is 0 Å². The van der Waals surface area contributed by atoms with Gasteiger partial charge in [-0.15, -0.1) is 22.8 Å². The third kappa shape index (κ3) is 2.96. The van der Waals surface area contributed by atoms with Crippen LogP contribution in [0.4, 0.5) is 0 Å². The van der Waals surface area contributed by atoms with E-state index < -0.39 is 0 Å². The molecule has 0 radical (unpaired) electrons. The van der Waals surface area contributed by atoms with Crippen LogP contribution >= 0.6 is 12.6 Å². The fourth-order valence-corrected chi connectivity index (χ4v) is 3.06. The van der Waals surface area contributed by atoms with E-state index in [2.05, 4.69) is 47.0 Å². The molecule has 4 aromatic rings. The zero-order valence-corrected chi connectivity index (χ0v) is 14.6. The molecule has 0 unspecified atom stereocenters. The lowest BCUT2D eigenvalue weighted by Gasteiger charge is -2.10. The highest BCUT2D eigenvalue weighted by Crippen LogP contribution is 2.25. The zero-order valence-electron chi connectivity index (χ0n) is 13.7. The molecule has 124 valence electrons. The molecule has 0 amide bonds. The molecule has 0 aliphatic carbocycles. The van der Waals surface area contributed by atoms with Crippen molar-refractivity contribution in [1.29, 1.82) is 0 Å². The predicted molar refractivity (Wildman–Crippen MR) is 101 cm³/mol. The van der Waals surface area contributed by atoms with Crippen molar-refractivity contribution >= 4 is 12.6 Å². The van der Waals surface area contributed by atoms with Gasteiger partial charge in [-0.25, -0.2) is 4.68 Å². The minimum Gasteiger partial charge on any atom is -0.270 e. The number of rotatable bonds is 4. The van der Waals surface area contributed by atoms with E-state index >= 15 is 0 Å². The Hall–Kier alpha value is -2.86. The summed E-state index contributed by atoms with van der Waals surface area (Å²) in [4.78, 5) is 0. The molecule has 2 aromatic carbocycles. The van der Waals surface area contributed by atoms with Crippen molar-refractivity contribution in [3.05, 3.63) is 72.6 Å². The largest absolute Gasteiger partial charge is 0.270 e. The maximum Gasteiger partial charge on any atom is 0.193 e. The molecule has 0 saturated carbocycles. The van der Waals surface area contributed by atoms with Crippen molar-refractivity contribution in [3.63, 3.8) is 0 Å². The summed E-state index contributed by atoms with van der Waals surface area (Å²) in [6.07, 6.45) is 4.66. The molecule has 0 saturated heterocycles. The van der Waals surface area contributed by atoms with Crippen LogP contribution < -0.4 is 0 Å². The molecule has 0 N–H and O–H groups in total. The molecular weight excluding hydrogens is 330 g/mol. The van der Waals surface area contributed by atoms with Gasteiger partial charge in [0.1, 0.15) is 0 Å². The van der Waals surface area contributed by atoms with Gasteiger partial charge in [0.25, 0.3) is 0 Å². The molecule has 0 aliphatic heterocycles. The second-order valence-electron chi connectivity index (χ2n) is 5.68. The minimum absolute atomic E-state index is 0.559. The Kier molecular flexibility index (Phi) is 4.11. The van der Waals surface area contributed by atoms with E-state index in [1.165, 1.54) is 5.56 Å². The van der Waals surface area contributed by atoms with Gasteiger partial charge in [-0.2, -0.15) is 5.10 Å². The van der Waals surface area contributed by atoms with Gasteiger partial charge in [0.15, 0.2) is 11.0 Å². The highest BCUT2D eigenvalue weighted by Gasteiger charge is 2.14. The van der Waals surface area contributed by atoms with Gasteiger partial charge in [0, 0.05) is 23.6 Å².